The summed E-state index contributed by atoms with van der Waals surface area (Å²) in [5.41, 5.74) is 0. The van der Waals surface area contributed by atoms with Gasteiger partial charge in [0.25, 0.3) is 0 Å². The van der Waals surface area contributed by atoms with E-state index in [4.69, 9.17) is 5.11 Å². The van der Waals surface area contributed by atoms with Crippen LogP contribution in [0.3, 0.4) is 0 Å². The van der Waals surface area contributed by atoms with Crippen LogP contribution in [0.4, 0.5) is 0 Å². The van der Waals surface area contributed by atoms with Crippen LogP contribution in [0, 0.1) is 5.92 Å². The highest BCUT2D eigenvalue weighted by Gasteiger charge is 2.41. The van der Waals surface area contributed by atoms with E-state index in [1.807, 2.05) is 0 Å². The van der Waals surface area contributed by atoms with E-state index >= 15 is 0 Å². The molecule has 1 aliphatic rings. The van der Waals surface area contributed by atoms with Crippen molar-refractivity contribution in [2.75, 3.05) is 0 Å². The quantitative estimate of drug-likeness (QED) is 0.746. The fraction of sp³-hybridized carbons (Fsp3) is 0.889. The predicted molar refractivity (Wildman–Crippen MR) is 56.0 cm³/mol. The fourth-order valence-electron chi connectivity index (χ4n) is 1.12. The molecular weight excluding hydrogens is 218 g/mol. The van der Waals surface area contributed by atoms with Gasteiger partial charge in [0.1, 0.15) is 6.04 Å². The van der Waals surface area contributed by atoms with Gasteiger partial charge in [0, 0.05) is 0 Å². The second kappa shape index (κ2) is 3.75. The summed E-state index contributed by atoms with van der Waals surface area (Å²) >= 11 is 0. The molecule has 0 aliphatic heterocycles. The smallest absolute Gasteiger partial charge is 0.322 e. The lowest BCUT2D eigenvalue weighted by Gasteiger charge is -2.23. The molecule has 0 aromatic carbocycles. The van der Waals surface area contributed by atoms with Gasteiger partial charge in [-0.05, 0) is 39.5 Å². The van der Waals surface area contributed by atoms with Crippen molar-refractivity contribution >= 4 is 16.0 Å². The van der Waals surface area contributed by atoms with E-state index in [-0.39, 0.29) is 5.92 Å². The van der Waals surface area contributed by atoms with Crippen molar-refractivity contribution in [2.24, 2.45) is 5.92 Å². The van der Waals surface area contributed by atoms with Gasteiger partial charge in [0.2, 0.25) is 10.0 Å². The van der Waals surface area contributed by atoms with Gasteiger partial charge < -0.3 is 5.11 Å². The molecule has 2 N–H and O–H groups in total. The van der Waals surface area contributed by atoms with Gasteiger partial charge in [-0.15, -0.1) is 0 Å². The molecule has 88 valence electrons. The third kappa shape index (κ3) is 2.92. The Labute approximate surface area is 89.9 Å². The first-order valence-electron chi connectivity index (χ1n) is 4.90. The highest BCUT2D eigenvalue weighted by Crippen LogP contribution is 2.33. The molecule has 1 rings (SSSR count). The number of sulfonamides is 1. The normalized spacial score (nSPS) is 19.9. The molecule has 1 saturated carbocycles. The molecule has 0 saturated heterocycles. The first-order valence-corrected chi connectivity index (χ1v) is 6.38. The molecular formula is C9H17NO4S. The number of hydrogen-bond acceptors (Lipinski definition) is 3. The van der Waals surface area contributed by atoms with E-state index in [1.54, 1.807) is 20.8 Å². The Bertz CT molecular complexity index is 351. The summed E-state index contributed by atoms with van der Waals surface area (Å²) < 4.78 is 24.7. The number of rotatable bonds is 4. The lowest BCUT2D eigenvalue weighted by atomic mass is 10.2. The standard InChI is InChI=1S/C9H17NO4S/c1-9(2,3)15(13,14)10-7(8(11)12)6-4-5-6/h6-7,10H,4-5H2,1-3H3,(H,11,12). The fourth-order valence-corrected chi connectivity index (χ4v) is 2.10. The Morgan fingerprint density at radius 3 is 2.13 bits per heavy atom. The average molecular weight is 235 g/mol. The number of hydrogen-bond donors (Lipinski definition) is 2. The van der Waals surface area contributed by atoms with Crippen molar-refractivity contribution in [1.82, 2.24) is 4.72 Å². The van der Waals surface area contributed by atoms with Crippen LogP contribution in [0.1, 0.15) is 33.6 Å². The number of carbonyl (C=O) groups is 1. The zero-order chi connectivity index (χ0) is 11.9. The molecule has 1 unspecified atom stereocenters. The summed E-state index contributed by atoms with van der Waals surface area (Å²) in [5, 5.41) is 8.89. The average Bonchev–Trinajstić information content (AvgIpc) is 2.79. The molecule has 0 amide bonds. The van der Waals surface area contributed by atoms with E-state index in [2.05, 4.69) is 4.72 Å². The second-order valence-corrected chi connectivity index (χ2v) is 7.35. The van der Waals surface area contributed by atoms with Gasteiger partial charge >= 0.3 is 5.97 Å². The molecule has 15 heavy (non-hydrogen) atoms. The molecule has 0 bridgehead atoms. The largest absolute Gasteiger partial charge is 0.480 e. The third-order valence-electron chi connectivity index (χ3n) is 2.45. The second-order valence-electron chi connectivity index (χ2n) is 4.89. The maximum Gasteiger partial charge on any atom is 0.322 e. The van der Waals surface area contributed by atoms with Crippen LogP contribution in [0.2, 0.25) is 0 Å². The molecule has 6 heteroatoms. The van der Waals surface area contributed by atoms with Crippen molar-refractivity contribution in [3.8, 4) is 0 Å². The SMILES string of the molecule is CC(C)(C)S(=O)(=O)NC(C(=O)O)C1CC1. The van der Waals surface area contributed by atoms with Crippen LogP contribution in [0.15, 0.2) is 0 Å². The number of aliphatic carboxylic acids is 1. The van der Waals surface area contributed by atoms with E-state index in [0.717, 1.165) is 12.8 Å². The molecule has 0 spiro atoms. The maximum absolute atomic E-state index is 11.7. The Hall–Kier alpha value is -0.620. The van der Waals surface area contributed by atoms with Crippen molar-refractivity contribution < 1.29 is 18.3 Å². The molecule has 5 nitrogen and oxygen atoms in total. The number of carboxylic acids is 1. The zero-order valence-corrected chi connectivity index (χ0v) is 9.97. The molecule has 1 aliphatic carbocycles. The van der Waals surface area contributed by atoms with Crippen LogP contribution in [0.25, 0.3) is 0 Å². The van der Waals surface area contributed by atoms with E-state index in [9.17, 15) is 13.2 Å². The molecule has 0 radical (unpaired) electrons. The summed E-state index contributed by atoms with van der Waals surface area (Å²) in [4.78, 5) is 10.9. The van der Waals surface area contributed by atoms with Gasteiger partial charge in [-0.25, -0.2) is 13.1 Å². The molecule has 1 fully saturated rings. The summed E-state index contributed by atoms with van der Waals surface area (Å²) in [6, 6.07) is -0.964. The van der Waals surface area contributed by atoms with Crippen molar-refractivity contribution in [3.63, 3.8) is 0 Å². The van der Waals surface area contributed by atoms with Crippen molar-refractivity contribution in [2.45, 2.75) is 44.4 Å². The van der Waals surface area contributed by atoms with Gasteiger partial charge in [-0.2, -0.15) is 0 Å². The van der Waals surface area contributed by atoms with Crippen LogP contribution < -0.4 is 4.72 Å². The van der Waals surface area contributed by atoms with E-state index in [1.165, 1.54) is 0 Å². The Balaban J connectivity index is 2.79. The zero-order valence-electron chi connectivity index (χ0n) is 9.15. The van der Waals surface area contributed by atoms with Crippen LogP contribution >= 0.6 is 0 Å². The lowest BCUT2D eigenvalue weighted by molar-refractivity contribution is -0.139. The first-order chi connectivity index (χ1) is 6.65. The number of nitrogens with one attached hydrogen (secondary N) is 1. The highest BCUT2D eigenvalue weighted by atomic mass is 32.2. The minimum Gasteiger partial charge on any atom is -0.480 e. The van der Waals surface area contributed by atoms with Gasteiger partial charge in [0.15, 0.2) is 0 Å². The molecule has 1 atom stereocenters. The Morgan fingerprint density at radius 2 is 1.87 bits per heavy atom. The van der Waals surface area contributed by atoms with Gasteiger partial charge in [-0.3, -0.25) is 4.79 Å². The van der Waals surface area contributed by atoms with Crippen LogP contribution in [0.5, 0.6) is 0 Å². The van der Waals surface area contributed by atoms with Crippen molar-refractivity contribution in [3.05, 3.63) is 0 Å². The van der Waals surface area contributed by atoms with Crippen LogP contribution in [-0.4, -0.2) is 30.3 Å². The minimum absolute atomic E-state index is 0.0420. The van der Waals surface area contributed by atoms with Gasteiger partial charge in [-0.1, -0.05) is 0 Å². The van der Waals surface area contributed by atoms with Gasteiger partial charge in [0.05, 0.1) is 4.75 Å². The van der Waals surface area contributed by atoms with Crippen LogP contribution in [-0.2, 0) is 14.8 Å². The van der Waals surface area contributed by atoms with E-state index in [0.29, 0.717) is 0 Å². The highest BCUT2D eigenvalue weighted by molar-refractivity contribution is 7.90. The maximum atomic E-state index is 11.7. The monoisotopic (exact) mass is 235 g/mol. The summed E-state index contributed by atoms with van der Waals surface area (Å²) in [7, 11) is -3.58. The summed E-state index contributed by atoms with van der Waals surface area (Å²) in [6.45, 7) is 4.63. The molecule has 0 heterocycles. The summed E-state index contributed by atoms with van der Waals surface area (Å²) in [5.74, 6) is -1.13. The Kier molecular flexibility index (Phi) is 3.11. The lowest BCUT2D eigenvalue weighted by Crippen LogP contribution is -2.48. The first kappa shape index (κ1) is 12.4. The molecule has 0 aromatic rings. The van der Waals surface area contributed by atoms with E-state index < -0.39 is 26.8 Å². The predicted octanol–water partition coefficient (Wildman–Crippen LogP) is 0.567. The third-order valence-corrected chi connectivity index (χ3v) is 4.62. The molecule has 0 aromatic heterocycles. The Morgan fingerprint density at radius 1 is 1.40 bits per heavy atom. The minimum atomic E-state index is -3.58. The topological polar surface area (TPSA) is 83.5 Å². The summed E-state index contributed by atoms with van der Waals surface area (Å²) in [6.07, 6.45) is 1.56. The number of carboxylic acid groups (broad SMARTS) is 1. The van der Waals surface area contributed by atoms with Crippen molar-refractivity contribution in [1.29, 1.82) is 0 Å².